The third-order valence-corrected chi connectivity index (χ3v) is 7.44. The lowest BCUT2D eigenvalue weighted by atomic mass is 9.85. The summed E-state index contributed by atoms with van der Waals surface area (Å²) in [5.41, 5.74) is 3.29. The number of hydrogen-bond donors (Lipinski definition) is 3. The van der Waals surface area contributed by atoms with Gasteiger partial charge in [-0.25, -0.2) is 9.78 Å². The summed E-state index contributed by atoms with van der Waals surface area (Å²) in [6, 6.07) is 15.4. The van der Waals surface area contributed by atoms with Crippen molar-refractivity contribution in [1.29, 1.82) is 0 Å². The number of aromatic nitrogens is 1. The van der Waals surface area contributed by atoms with Crippen LogP contribution in [0.15, 0.2) is 54.7 Å². The molecule has 5 rings (SSSR count). The van der Waals surface area contributed by atoms with Crippen LogP contribution in [0.4, 0.5) is 9.93 Å². The van der Waals surface area contributed by atoms with Gasteiger partial charge in [-0.1, -0.05) is 59.9 Å². The van der Waals surface area contributed by atoms with Crippen LogP contribution in [0.5, 0.6) is 0 Å². The van der Waals surface area contributed by atoms with Gasteiger partial charge in [-0.15, -0.1) is 0 Å². The maximum absolute atomic E-state index is 12.6. The molecule has 2 aliphatic rings. The smallest absolute Gasteiger partial charge is 0.413 e. The van der Waals surface area contributed by atoms with Gasteiger partial charge in [-0.05, 0) is 29.2 Å². The lowest BCUT2D eigenvalue weighted by Gasteiger charge is -2.25. The molecule has 1 aliphatic heterocycles. The van der Waals surface area contributed by atoms with E-state index in [1.807, 2.05) is 36.4 Å². The number of fused-ring (bicyclic) bond motifs is 3. The van der Waals surface area contributed by atoms with Gasteiger partial charge in [-0.2, -0.15) is 0 Å². The molecule has 9 nitrogen and oxygen atoms in total. The van der Waals surface area contributed by atoms with Crippen molar-refractivity contribution >= 4 is 34.4 Å². The molecule has 3 N–H and O–H groups in total. The second kappa shape index (κ2) is 9.12. The van der Waals surface area contributed by atoms with Gasteiger partial charge in [0.15, 0.2) is 5.13 Å². The molecule has 2 atom stereocenters. The molecule has 0 bridgehead atoms. The molecule has 0 radical (unpaired) electrons. The van der Waals surface area contributed by atoms with Crippen LogP contribution < -0.4 is 10.6 Å². The van der Waals surface area contributed by atoms with Crippen molar-refractivity contribution in [3.8, 4) is 11.1 Å². The summed E-state index contributed by atoms with van der Waals surface area (Å²) >= 11 is 0.973. The Morgan fingerprint density at radius 1 is 1.14 bits per heavy atom. The van der Waals surface area contributed by atoms with Crippen molar-refractivity contribution in [2.75, 3.05) is 25.1 Å². The van der Waals surface area contributed by atoms with Crippen molar-refractivity contribution in [3.63, 3.8) is 0 Å². The minimum Gasteiger partial charge on any atom is -0.481 e. The van der Waals surface area contributed by atoms with Gasteiger partial charge in [0, 0.05) is 5.92 Å². The number of benzene rings is 2. The summed E-state index contributed by atoms with van der Waals surface area (Å²) in [6.45, 7) is 1.82. The first-order valence-electron chi connectivity index (χ1n) is 11.1. The number of thiazole rings is 1. The van der Waals surface area contributed by atoms with Crippen LogP contribution in [0.3, 0.4) is 0 Å². The number of amides is 2. The van der Waals surface area contributed by atoms with Gasteiger partial charge in [0.2, 0.25) is 0 Å². The number of carbonyl (C=O) groups is 3. The van der Waals surface area contributed by atoms with Crippen LogP contribution in [0.25, 0.3) is 11.1 Å². The minimum absolute atomic E-state index is 0.0184. The number of aliphatic carboxylic acids is 1. The van der Waals surface area contributed by atoms with E-state index >= 15 is 0 Å². The van der Waals surface area contributed by atoms with Crippen molar-refractivity contribution in [1.82, 2.24) is 10.3 Å². The van der Waals surface area contributed by atoms with E-state index in [4.69, 9.17) is 9.47 Å². The number of ether oxygens (including phenoxy) is 2. The maximum atomic E-state index is 12.6. The first kappa shape index (κ1) is 23.0. The van der Waals surface area contributed by atoms with Gasteiger partial charge in [-0.3, -0.25) is 14.9 Å². The molecule has 1 saturated heterocycles. The van der Waals surface area contributed by atoms with Crippen LogP contribution in [-0.4, -0.2) is 53.9 Å². The highest BCUT2D eigenvalue weighted by molar-refractivity contribution is 7.17. The predicted octanol–water partition coefficient (Wildman–Crippen LogP) is 3.72. The van der Waals surface area contributed by atoms with Crippen LogP contribution in [0.1, 0.15) is 33.6 Å². The zero-order valence-electron chi connectivity index (χ0n) is 18.8. The Morgan fingerprint density at radius 3 is 2.46 bits per heavy atom. The van der Waals surface area contributed by atoms with E-state index in [9.17, 15) is 19.5 Å². The number of carboxylic acids is 1. The van der Waals surface area contributed by atoms with Crippen molar-refractivity contribution < 1.29 is 29.0 Å². The van der Waals surface area contributed by atoms with E-state index < -0.39 is 29.4 Å². The molecule has 1 fully saturated rings. The Morgan fingerprint density at radius 2 is 1.80 bits per heavy atom. The minimum atomic E-state index is -1.21. The fraction of sp³-hybridized carbons (Fsp3) is 0.280. The third-order valence-electron chi connectivity index (χ3n) is 6.53. The number of anilines is 1. The predicted molar refractivity (Wildman–Crippen MR) is 129 cm³/mol. The number of hydrogen-bond acceptors (Lipinski definition) is 7. The Bertz CT molecular complexity index is 1260. The van der Waals surface area contributed by atoms with Crippen LogP contribution in [0.2, 0.25) is 0 Å². The van der Waals surface area contributed by atoms with Gasteiger partial charge in [0.25, 0.3) is 5.91 Å². The summed E-state index contributed by atoms with van der Waals surface area (Å²) < 4.78 is 10.8. The Labute approximate surface area is 205 Å². The average Bonchev–Trinajstić information content (AvgIpc) is 3.55. The summed E-state index contributed by atoms with van der Waals surface area (Å²) in [4.78, 5) is 40.9. The van der Waals surface area contributed by atoms with E-state index in [0.717, 1.165) is 33.6 Å². The van der Waals surface area contributed by atoms with Crippen LogP contribution >= 0.6 is 11.3 Å². The van der Waals surface area contributed by atoms with E-state index in [0.29, 0.717) is 0 Å². The van der Waals surface area contributed by atoms with E-state index in [-0.39, 0.29) is 35.7 Å². The zero-order valence-corrected chi connectivity index (χ0v) is 19.6. The van der Waals surface area contributed by atoms with E-state index in [1.54, 1.807) is 0 Å². The third kappa shape index (κ3) is 4.26. The molecule has 2 amide bonds. The maximum Gasteiger partial charge on any atom is 0.413 e. The lowest BCUT2D eigenvalue weighted by molar-refractivity contribution is -0.148. The van der Waals surface area contributed by atoms with Gasteiger partial charge in [0.05, 0.1) is 25.5 Å². The molecule has 1 aliphatic carbocycles. The molecule has 2 heterocycles. The second-order valence-corrected chi connectivity index (χ2v) is 9.77. The molecule has 1 aromatic heterocycles. The topological polar surface area (TPSA) is 127 Å². The standard InChI is InChI=1S/C25H23N3O6S/c1-25(22(30)31)13-33-12-20(25)27-21(29)19-10-26-23(35-19)28-24(32)34-11-18-16-8-4-2-6-14(16)15-7-3-5-9-17(15)18/h2-10,18,20H,11-13H2,1H3,(H,27,29)(H,30,31)(H,26,28,32). The average molecular weight is 494 g/mol. The number of nitrogens with zero attached hydrogens (tertiary/aromatic N) is 1. The Balaban J connectivity index is 1.20. The normalized spacial score (nSPS) is 20.7. The summed E-state index contributed by atoms with van der Waals surface area (Å²) in [7, 11) is 0. The molecular weight excluding hydrogens is 470 g/mol. The zero-order chi connectivity index (χ0) is 24.6. The lowest BCUT2D eigenvalue weighted by Crippen LogP contribution is -2.49. The molecule has 3 aromatic rings. The van der Waals surface area contributed by atoms with Crippen molar-refractivity contribution in [2.24, 2.45) is 5.41 Å². The molecular formula is C25H23N3O6S. The van der Waals surface area contributed by atoms with Crippen LogP contribution in [0, 0.1) is 5.41 Å². The molecule has 35 heavy (non-hydrogen) atoms. The Kier molecular flexibility index (Phi) is 6.00. The number of carbonyl (C=O) groups excluding carboxylic acids is 2. The first-order chi connectivity index (χ1) is 16.9. The van der Waals surface area contributed by atoms with Gasteiger partial charge < -0.3 is 19.9 Å². The fourth-order valence-corrected chi connectivity index (χ4v) is 5.18. The van der Waals surface area contributed by atoms with Crippen LogP contribution in [-0.2, 0) is 14.3 Å². The molecule has 0 spiro atoms. The van der Waals surface area contributed by atoms with Crippen molar-refractivity contribution in [2.45, 2.75) is 18.9 Å². The molecule has 10 heteroatoms. The monoisotopic (exact) mass is 493 g/mol. The van der Waals surface area contributed by atoms with E-state index in [2.05, 4.69) is 27.8 Å². The largest absolute Gasteiger partial charge is 0.481 e. The number of carboxylic acid groups (broad SMARTS) is 1. The number of nitrogens with one attached hydrogen (secondary N) is 2. The fourth-order valence-electron chi connectivity index (χ4n) is 4.47. The summed E-state index contributed by atoms with van der Waals surface area (Å²) in [5.74, 6) is -1.59. The SMILES string of the molecule is CC1(C(=O)O)COCC1NC(=O)c1cnc(NC(=O)OCC2c3ccccc3-c3ccccc32)s1. The second-order valence-electron chi connectivity index (χ2n) is 8.74. The Hall–Kier alpha value is -3.76. The molecule has 2 aromatic carbocycles. The van der Waals surface area contributed by atoms with E-state index in [1.165, 1.54) is 13.1 Å². The highest BCUT2D eigenvalue weighted by Gasteiger charge is 2.47. The van der Waals surface area contributed by atoms with Gasteiger partial charge >= 0.3 is 12.1 Å². The summed E-state index contributed by atoms with van der Waals surface area (Å²) in [5, 5.41) is 14.9. The molecule has 0 saturated carbocycles. The highest BCUT2D eigenvalue weighted by Crippen LogP contribution is 2.44. The quantitative estimate of drug-likeness (QED) is 0.478. The van der Waals surface area contributed by atoms with Gasteiger partial charge in [0.1, 0.15) is 16.9 Å². The summed E-state index contributed by atoms with van der Waals surface area (Å²) in [6.07, 6.45) is 0.656. The first-order valence-corrected chi connectivity index (χ1v) is 11.9. The van der Waals surface area contributed by atoms with Crippen molar-refractivity contribution in [3.05, 3.63) is 70.7 Å². The number of rotatable bonds is 6. The highest BCUT2D eigenvalue weighted by atomic mass is 32.1. The molecule has 180 valence electrons. The molecule has 2 unspecified atom stereocenters.